The Hall–Kier alpha value is -4.17. The van der Waals surface area contributed by atoms with Crippen molar-refractivity contribution in [1.82, 2.24) is 9.97 Å². The second kappa shape index (κ2) is 9.83. The van der Waals surface area contributed by atoms with Gasteiger partial charge in [0.15, 0.2) is 28.9 Å². The molecule has 0 aliphatic carbocycles. The van der Waals surface area contributed by atoms with E-state index in [0.717, 1.165) is 11.4 Å². The number of aromatic nitrogens is 2. The lowest BCUT2D eigenvalue weighted by molar-refractivity contribution is 0.0595. The smallest absolute Gasteiger partial charge is 0.359 e. The first-order valence-electron chi connectivity index (χ1n) is 11.2. The number of hydrogen-bond donors (Lipinski definition) is 0. The van der Waals surface area contributed by atoms with Crippen LogP contribution in [0.4, 0.5) is 27.3 Å². The number of ether oxygens (including phenoxy) is 2. The average molecular weight is 505 g/mol. The predicted molar refractivity (Wildman–Crippen MR) is 137 cm³/mol. The highest BCUT2D eigenvalue weighted by Gasteiger charge is 2.34. The van der Waals surface area contributed by atoms with Crippen LogP contribution in [0, 0.1) is 5.82 Å². The fourth-order valence-corrected chi connectivity index (χ4v) is 4.50. The van der Waals surface area contributed by atoms with Crippen molar-refractivity contribution >= 4 is 40.5 Å². The van der Waals surface area contributed by atoms with Crippen LogP contribution in [0.3, 0.4) is 0 Å². The second-order valence-corrected chi connectivity index (χ2v) is 8.38. The largest absolute Gasteiger partial charge is 0.492 e. The fourth-order valence-electron chi connectivity index (χ4n) is 4.27. The quantitative estimate of drug-likeness (QED) is 0.308. The second-order valence-electron chi connectivity index (χ2n) is 7.98. The summed E-state index contributed by atoms with van der Waals surface area (Å²) in [5.74, 6) is -1.04. The Bertz CT molecular complexity index is 1420. The molecule has 0 unspecified atom stereocenters. The summed E-state index contributed by atoms with van der Waals surface area (Å²) in [6.45, 7) is 1.12. The summed E-state index contributed by atoms with van der Waals surface area (Å²) in [6, 6.07) is 22.3. The number of methoxy groups -OCH3 is 2. The molecule has 0 fully saturated rings. The minimum Gasteiger partial charge on any atom is -0.492 e. The van der Waals surface area contributed by atoms with Crippen LogP contribution in [-0.4, -0.2) is 43.2 Å². The van der Waals surface area contributed by atoms with Crippen molar-refractivity contribution in [3.63, 3.8) is 0 Å². The van der Waals surface area contributed by atoms with E-state index in [1.807, 2.05) is 70.5 Å². The van der Waals surface area contributed by atoms with Gasteiger partial charge in [0, 0.05) is 24.5 Å². The van der Waals surface area contributed by atoms with Crippen molar-refractivity contribution in [2.24, 2.45) is 0 Å². The molecule has 0 spiro atoms. The van der Waals surface area contributed by atoms with Gasteiger partial charge in [-0.25, -0.2) is 19.2 Å². The van der Waals surface area contributed by atoms with Crippen molar-refractivity contribution < 1.29 is 18.7 Å². The minimum atomic E-state index is -0.720. The monoisotopic (exact) mass is 504 g/mol. The average Bonchev–Trinajstić information content (AvgIpc) is 2.92. The van der Waals surface area contributed by atoms with Gasteiger partial charge in [-0.3, -0.25) is 0 Å². The van der Waals surface area contributed by atoms with Gasteiger partial charge in [0.2, 0.25) is 0 Å². The lowest BCUT2D eigenvalue weighted by Crippen LogP contribution is -2.38. The number of nitrogens with zero attached hydrogens (tertiary/aromatic N) is 4. The summed E-state index contributed by atoms with van der Waals surface area (Å²) in [5.41, 5.74) is 2.30. The maximum absolute atomic E-state index is 15.4. The van der Waals surface area contributed by atoms with Crippen molar-refractivity contribution in [3.05, 3.63) is 89.3 Å². The number of carbonyl (C=O) groups excluding carboxylic acids is 1. The van der Waals surface area contributed by atoms with E-state index in [0.29, 0.717) is 24.6 Å². The van der Waals surface area contributed by atoms with Crippen LogP contribution in [0.25, 0.3) is 11.4 Å². The third kappa shape index (κ3) is 4.09. The van der Waals surface area contributed by atoms with Crippen LogP contribution >= 0.6 is 11.6 Å². The highest BCUT2D eigenvalue weighted by Crippen LogP contribution is 2.43. The Balaban J connectivity index is 1.80. The first kappa shape index (κ1) is 23.6. The molecule has 4 aromatic rings. The Morgan fingerprint density at radius 3 is 2.11 bits per heavy atom. The number of hydrogen-bond acceptors (Lipinski definition) is 7. The predicted octanol–water partition coefficient (Wildman–Crippen LogP) is 6.02. The van der Waals surface area contributed by atoms with Crippen LogP contribution in [0.5, 0.6) is 5.75 Å². The van der Waals surface area contributed by atoms with E-state index in [1.54, 1.807) is 0 Å². The number of fused-ring (bicyclic) bond motifs is 1. The number of rotatable bonds is 5. The molecule has 1 aliphatic rings. The number of halogens is 2. The molecule has 0 amide bonds. The zero-order chi connectivity index (χ0) is 25.2. The standard InChI is InChI=1S/C27H22ClFN4O3/c1-35-24-20(28)14-13-19(21(24)29)25-30-22(27(34)36-2)23-26(31-25)33(18-11-7-4-8-12-18)16-15-32(23)17-9-5-3-6-10-17/h3-14H,15-16H2,1-2H3. The van der Waals surface area contributed by atoms with Gasteiger partial charge < -0.3 is 19.3 Å². The molecule has 0 saturated heterocycles. The fraction of sp³-hybridized carbons (Fsp3) is 0.148. The van der Waals surface area contributed by atoms with E-state index in [2.05, 4.69) is 4.98 Å². The molecular formula is C27H22ClFN4O3. The van der Waals surface area contributed by atoms with Crippen LogP contribution in [0.1, 0.15) is 10.5 Å². The summed E-state index contributed by atoms with van der Waals surface area (Å²) in [7, 11) is 2.61. The van der Waals surface area contributed by atoms with Gasteiger partial charge in [-0.05, 0) is 36.4 Å². The molecule has 2 heterocycles. The van der Waals surface area contributed by atoms with Crippen LogP contribution in [-0.2, 0) is 4.74 Å². The van der Waals surface area contributed by atoms with Gasteiger partial charge in [-0.1, -0.05) is 48.0 Å². The number of anilines is 4. The van der Waals surface area contributed by atoms with Crippen LogP contribution in [0.15, 0.2) is 72.8 Å². The zero-order valence-corrected chi connectivity index (χ0v) is 20.4. The summed E-state index contributed by atoms with van der Waals surface area (Å²) in [4.78, 5) is 26.3. The van der Waals surface area contributed by atoms with Gasteiger partial charge in [0.25, 0.3) is 0 Å². The van der Waals surface area contributed by atoms with E-state index in [4.69, 9.17) is 26.1 Å². The molecular weight excluding hydrogens is 483 g/mol. The Morgan fingerprint density at radius 2 is 1.50 bits per heavy atom. The third-order valence-corrected chi connectivity index (χ3v) is 6.24. The summed E-state index contributed by atoms with van der Waals surface area (Å²) >= 11 is 6.10. The van der Waals surface area contributed by atoms with Crippen molar-refractivity contribution in [2.75, 3.05) is 37.1 Å². The molecule has 0 radical (unpaired) electrons. The highest BCUT2D eigenvalue weighted by molar-refractivity contribution is 6.32. The normalized spacial score (nSPS) is 12.8. The molecule has 5 rings (SSSR count). The lowest BCUT2D eigenvalue weighted by atomic mass is 10.1. The van der Waals surface area contributed by atoms with Crippen LogP contribution in [0.2, 0.25) is 5.02 Å². The van der Waals surface area contributed by atoms with E-state index in [9.17, 15) is 4.79 Å². The molecule has 182 valence electrons. The van der Waals surface area contributed by atoms with Crippen molar-refractivity contribution in [1.29, 1.82) is 0 Å². The van der Waals surface area contributed by atoms with Gasteiger partial charge in [-0.2, -0.15) is 0 Å². The van der Waals surface area contributed by atoms with E-state index < -0.39 is 11.8 Å². The summed E-state index contributed by atoms with van der Waals surface area (Å²) in [6.07, 6.45) is 0. The third-order valence-electron chi connectivity index (χ3n) is 5.95. The molecule has 0 bridgehead atoms. The van der Waals surface area contributed by atoms with Crippen LogP contribution < -0.4 is 14.5 Å². The summed E-state index contributed by atoms with van der Waals surface area (Å²) in [5, 5.41) is 0.117. The number of para-hydroxylation sites is 2. The van der Waals surface area contributed by atoms with Gasteiger partial charge in [0.05, 0.1) is 24.8 Å². The lowest BCUT2D eigenvalue weighted by Gasteiger charge is -2.38. The molecule has 0 atom stereocenters. The Labute approximate surface area is 212 Å². The number of carbonyl (C=O) groups is 1. The first-order valence-corrected chi connectivity index (χ1v) is 11.6. The molecule has 3 aromatic carbocycles. The highest BCUT2D eigenvalue weighted by atomic mass is 35.5. The zero-order valence-electron chi connectivity index (χ0n) is 19.6. The molecule has 9 heteroatoms. The molecule has 1 aromatic heterocycles. The van der Waals surface area contributed by atoms with E-state index >= 15 is 4.39 Å². The Morgan fingerprint density at radius 1 is 0.889 bits per heavy atom. The molecule has 0 saturated carbocycles. The minimum absolute atomic E-state index is 0.0115. The topological polar surface area (TPSA) is 67.8 Å². The van der Waals surface area contributed by atoms with Crippen molar-refractivity contribution in [3.8, 4) is 17.1 Å². The Kier molecular flexibility index (Phi) is 6.43. The van der Waals surface area contributed by atoms with Gasteiger partial charge in [-0.15, -0.1) is 0 Å². The summed E-state index contributed by atoms with van der Waals surface area (Å²) < 4.78 is 25.6. The van der Waals surface area contributed by atoms with E-state index in [1.165, 1.54) is 26.4 Å². The molecule has 0 N–H and O–H groups in total. The van der Waals surface area contributed by atoms with Gasteiger partial charge >= 0.3 is 5.97 Å². The maximum Gasteiger partial charge on any atom is 0.359 e. The van der Waals surface area contributed by atoms with Gasteiger partial charge in [0.1, 0.15) is 5.69 Å². The maximum atomic E-state index is 15.4. The molecule has 36 heavy (non-hydrogen) atoms. The number of benzene rings is 3. The van der Waals surface area contributed by atoms with E-state index in [-0.39, 0.29) is 27.9 Å². The first-order chi connectivity index (χ1) is 17.5. The molecule has 7 nitrogen and oxygen atoms in total. The van der Waals surface area contributed by atoms with Crippen molar-refractivity contribution in [2.45, 2.75) is 0 Å². The molecule has 1 aliphatic heterocycles. The number of esters is 1. The SMILES string of the molecule is COC(=O)c1nc(-c2ccc(Cl)c(OC)c2F)nc2c1N(c1ccccc1)CCN2c1ccccc1.